The highest BCUT2D eigenvalue weighted by Crippen LogP contribution is 2.26. The maximum absolute atomic E-state index is 12.8. The van der Waals surface area contributed by atoms with E-state index >= 15 is 0 Å². The Balaban J connectivity index is 1.49. The molecule has 0 radical (unpaired) electrons. The van der Waals surface area contributed by atoms with Gasteiger partial charge in [-0.1, -0.05) is 41.9 Å². The zero-order chi connectivity index (χ0) is 19.9. The Morgan fingerprint density at radius 3 is 2.54 bits per heavy atom. The van der Waals surface area contributed by atoms with Gasteiger partial charge in [0.25, 0.3) is 5.91 Å². The molecule has 1 saturated heterocycles. The van der Waals surface area contributed by atoms with Crippen LogP contribution in [0.4, 0.5) is 0 Å². The first-order valence-electron chi connectivity index (χ1n) is 9.53. The molecular weight excluding hydrogens is 376 g/mol. The normalized spacial score (nSPS) is 14.6. The van der Waals surface area contributed by atoms with Crippen LogP contribution in [0.25, 0.3) is 0 Å². The topological polar surface area (TPSA) is 58.6 Å². The summed E-state index contributed by atoms with van der Waals surface area (Å²) in [5.41, 5.74) is 1.67. The number of carbonyl (C=O) groups excluding carboxylic acids is 2. The van der Waals surface area contributed by atoms with E-state index in [1.165, 1.54) is 12.7 Å². The van der Waals surface area contributed by atoms with Crippen molar-refractivity contribution in [3.63, 3.8) is 0 Å². The molecular formula is C22H25ClN2O3. The summed E-state index contributed by atoms with van der Waals surface area (Å²) in [6, 6.07) is 15.1. The summed E-state index contributed by atoms with van der Waals surface area (Å²) in [4.78, 5) is 27.0. The van der Waals surface area contributed by atoms with Crippen molar-refractivity contribution in [2.45, 2.75) is 19.3 Å². The Morgan fingerprint density at radius 1 is 1.14 bits per heavy atom. The fourth-order valence-electron chi connectivity index (χ4n) is 3.48. The molecule has 2 amide bonds. The van der Waals surface area contributed by atoms with Crippen LogP contribution >= 0.6 is 11.6 Å². The molecule has 2 aromatic rings. The van der Waals surface area contributed by atoms with E-state index in [2.05, 4.69) is 17.4 Å². The van der Waals surface area contributed by atoms with Crippen molar-refractivity contribution in [1.82, 2.24) is 10.2 Å². The third kappa shape index (κ3) is 5.04. The highest BCUT2D eigenvalue weighted by Gasteiger charge is 2.28. The molecule has 0 saturated carbocycles. The molecule has 28 heavy (non-hydrogen) atoms. The maximum atomic E-state index is 12.8. The number of ether oxygens (including phenoxy) is 1. The van der Waals surface area contributed by atoms with Gasteiger partial charge in [-0.05, 0) is 43.0 Å². The summed E-state index contributed by atoms with van der Waals surface area (Å²) in [7, 11) is 1.53. The van der Waals surface area contributed by atoms with Crippen molar-refractivity contribution in [3.05, 3.63) is 64.7 Å². The van der Waals surface area contributed by atoms with Crippen LogP contribution in [-0.4, -0.2) is 43.5 Å². The summed E-state index contributed by atoms with van der Waals surface area (Å²) in [6.45, 7) is 1.72. The van der Waals surface area contributed by atoms with E-state index in [1.54, 1.807) is 23.1 Å². The minimum Gasteiger partial charge on any atom is -0.496 e. The first-order chi connectivity index (χ1) is 13.6. The number of hydrogen-bond acceptors (Lipinski definition) is 3. The number of hydrogen-bond donors (Lipinski definition) is 1. The Hall–Kier alpha value is -2.53. The van der Waals surface area contributed by atoms with Crippen molar-refractivity contribution in [2.24, 2.45) is 5.92 Å². The van der Waals surface area contributed by atoms with Gasteiger partial charge in [0.15, 0.2) is 0 Å². The summed E-state index contributed by atoms with van der Waals surface area (Å²) < 4.78 is 5.28. The number of nitrogens with zero attached hydrogens (tertiary/aromatic N) is 1. The van der Waals surface area contributed by atoms with E-state index < -0.39 is 0 Å². The van der Waals surface area contributed by atoms with Crippen molar-refractivity contribution >= 4 is 23.4 Å². The van der Waals surface area contributed by atoms with Crippen LogP contribution in [0, 0.1) is 5.92 Å². The molecule has 3 rings (SSSR count). The SMILES string of the molecule is COc1ccc(Cl)cc1C(=O)N1CCC(C(=O)NCCc2ccccc2)CC1. The van der Waals surface area contributed by atoms with Crippen LogP contribution in [0.2, 0.25) is 5.02 Å². The fraction of sp³-hybridized carbons (Fsp3) is 0.364. The molecule has 0 spiro atoms. The predicted molar refractivity (Wildman–Crippen MR) is 110 cm³/mol. The second-order valence-corrected chi connectivity index (χ2v) is 7.37. The minimum absolute atomic E-state index is 0.0546. The van der Waals surface area contributed by atoms with Crippen molar-refractivity contribution in [3.8, 4) is 5.75 Å². The summed E-state index contributed by atoms with van der Waals surface area (Å²) in [5.74, 6) is 0.418. The molecule has 0 atom stereocenters. The minimum atomic E-state index is -0.109. The van der Waals surface area contributed by atoms with Gasteiger partial charge >= 0.3 is 0 Å². The highest BCUT2D eigenvalue weighted by atomic mass is 35.5. The quantitative estimate of drug-likeness (QED) is 0.806. The molecule has 0 aliphatic carbocycles. The van der Waals surface area contributed by atoms with E-state index in [-0.39, 0.29) is 17.7 Å². The van der Waals surface area contributed by atoms with E-state index in [0.29, 0.717) is 48.8 Å². The number of piperidine rings is 1. The van der Waals surface area contributed by atoms with Gasteiger partial charge in [0.05, 0.1) is 12.7 Å². The second kappa shape index (κ2) is 9.60. The maximum Gasteiger partial charge on any atom is 0.257 e. The molecule has 1 aliphatic heterocycles. The number of halogens is 1. The number of carbonyl (C=O) groups is 2. The molecule has 5 nitrogen and oxygen atoms in total. The van der Waals surface area contributed by atoms with Crippen LogP contribution in [0.5, 0.6) is 5.75 Å². The molecule has 2 aromatic carbocycles. The lowest BCUT2D eigenvalue weighted by Crippen LogP contribution is -2.43. The Kier molecular flexibility index (Phi) is 6.93. The molecule has 148 valence electrons. The average Bonchev–Trinajstić information content (AvgIpc) is 2.74. The smallest absolute Gasteiger partial charge is 0.257 e. The first-order valence-corrected chi connectivity index (χ1v) is 9.90. The Morgan fingerprint density at radius 2 is 1.86 bits per heavy atom. The third-order valence-corrected chi connectivity index (χ3v) is 5.34. The van der Waals surface area contributed by atoms with Gasteiger partial charge in [-0.2, -0.15) is 0 Å². The van der Waals surface area contributed by atoms with Gasteiger partial charge in [0.1, 0.15) is 5.75 Å². The average molecular weight is 401 g/mol. The lowest BCUT2D eigenvalue weighted by atomic mass is 9.95. The number of nitrogens with one attached hydrogen (secondary N) is 1. The number of likely N-dealkylation sites (tertiary alicyclic amines) is 1. The molecule has 0 bridgehead atoms. The van der Waals surface area contributed by atoms with Gasteiger partial charge in [0.2, 0.25) is 5.91 Å². The predicted octanol–water partition coefficient (Wildman–Crippen LogP) is 3.56. The lowest BCUT2D eigenvalue weighted by Gasteiger charge is -2.31. The molecule has 6 heteroatoms. The van der Waals surface area contributed by atoms with Crippen molar-refractivity contribution < 1.29 is 14.3 Å². The molecule has 1 aliphatic rings. The number of amides is 2. The number of rotatable bonds is 6. The van der Waals surface area contributed by atoms with Crippen LogP contribution in [0.15, 0.2) is 48.5 Å². The van der Waals surface area contributed by atoms with Gasteiger partial charge in [-0.25, -0.2) is 0 Å². The summed E-state index contributed by atoms with van der Waals surface area (Å²) in [5, 5.41) is 3.52. The van der Waals surface area contributed by atoms with Crippen LogP contribution in [0.1, 0.15) is 28.8 Å². The third-order valence-electron chi connectivity index (χ3n) is 5.10. The van der Waals surface area contributed by atoms with Gasteiger partial charge in [-0.3, -0.25) is 9.59 Å². The highest BCUT2D eigenvalue weighted by molar-refractivity contribution is 6.31. The van der Waals surface area contributed by atoms with Crippen LogP contribution < -0.4 is 10.1 Å². The molecule has 1 heterocycles. The first kappa shape index (κ1) is 20.2. The van der Waals surface area contributed by atoms with Crippen molar-refractivity contribution in [2.75, 3.05) is 26.7 Å². The largest absolute Gasteiger partial charge is 0.496 e. The summed E-state index contributed by atoms with van der Waals surface area (Å²) in [6.07, 6.45) is 2.13. The van der Waals surface area contributed by atoms with Crippen molar-refractivity contribution in [1.29, 1.82) is 0 Å². The summed E-state index contributed by atoms with van der Waals surface area (Å²) >= 11 is 6.04. The zero-order valence-corrected chi connectivity index (χ0v) is 16.7. The standard InChI is InChI=1S/C22H25ClN2O3/c1-28-20-8-7-18(23)15-19(20)22(27)25-13-10-17(11-14-25)21(26)24-12-9-16-5-3-2-4-6-16/h2-8,15,17H,9-14H2,1H3,(H,24,26). The molecule has 1 fully saturated rings. The van der Waals surface area contributed by atoms with E-state index in [1.807, 2.05) is 18.2 Å². The Bertz CT molecular complexity index is 818. The molecule has 0 unspecified atom stereocenters. The van der Waals surface area contributed by atoms with Gasteiger partial charge in [0, 0.05) is 30.6 Å². The fourth-order valence-corrected chi connectivity index (χ4v) is 3.65. The molecule has 1 N–H and O–H groups in total. The number of methoxy groups -OCH3 is 1. The zero-order valence-electron chi connectivity index (χ0n) is 16.0. The number of benzene rings is 2. The van der Waals surface area contributed by atoms with Crippen LogP contribution in [-0.2, 0) is 11.2 Å². The van der Waals surface area contributed by atoms with E-state index in [4.69, 9.17) is 16.3 Å². The Labute approximate surface area is 170 Å². The van der Waals surface area contributed by atoms with E-state index in [0.717, 1.165) is 6.42 Å². The van der Waals surface area contributed by atoms with Gasteiger partial charge in [-0.15, -0.1) is 0 Å². The monoisotopic (exact) mass is 400 g/mol. The lowest BCUT2D eigenvalue weighted by molar-refractivity contribution is -0.126. The second-order valence-electron chi connectivity index (χ2n) is 6.94. The van der Waals surface area contributed by atoms with Gasteiger partial charge < -0.3 is 15.0 Å². The van der Waals surface area contributed by atoms with E-state index in [9.17, 15) is 9.59 Å². The van der Waals surface area contributed by atoms with Crippen LogP contribution in [0.3, 0.4) is 0 Å². The molecule has 0 aromatic heterocycles.